The first kappa shape index (κ1) is 39.2. The average Bonchev–Trinajstić information content (AvgIpc) is 2.96. The quantitative estimate of drug-likeness (QED) is 0.0218. The van der Waals surface area contributed by atoms with Crippen LogP contribution in [0.15, 0.2) is 12.2 Å². The molecule has 6 heteroatoms. The van der Waals surface area contributed by atoms with E-state index in [-0.39, 0.29) is 6.42 Å². The molecule has 0 heterocycles. The molecule has 0 aromatic rings. The molecule has 0 radical (unpaired) electrons. The van der Waals surface area contributed by atoms with Crippen LogP contribution in [0.5, 0.6) is 0 Å². The van der Waals surface area contributed by atoms with Crippen LogP contribution in [0.4, 0.5) is 0 Å². The highest BCUT2D eigenvalue weighted by Gasteiger charge is 2.46. The molecule has 0 aliphatic rings. The Kier molecular flexibility index (Phi) is 27.8. The molecule has 238 valence electrons. The summed E-state index contributed by atoms with van der Waals surface area (Å²) in [5.74, 6) is -3.29. The molecular weight excluding hydrogens is 502 g/mol. The van der Waals surface area contributed by atoms with E-state index in [4.69, 9.17) is 5.73 Å². The summed E-state index contributed by atoms with van der Waals surface area (Å²) in [6.45, 7) is 4.49. The fraction of sp³-hybridized carbons (Fsp3) is 0.912. The van der Waals surface area contributed by atoms with E-state index in [1.807, 2.05) is 6.08 Å². The topological polar surface area (TPSA) is 113 Å². The van der Waals surface area contributed by atoms with Gasteiger partial charge in [-0.2, -0.15) is 4.89 Å². The summed E-state index contributed by atoms with van der Waals surface area (Å²) in [5, 5.41) is 30.2. The highest BCUT2D eigenvalue weighted by Crippen LogP contribution is 2.20. The highest BCUT2D eigenvalue weighted by molar-refractivity contribution is 5.86. The number of carbonyl (C=O) groups excluding carboxylic acids is 1. The van der Waals surface area contributed by atoms with Crippen LogP contribution in [0.25, 0.3) is 0 Å². The number of nitrogens with two attached hydrogens (primary N) is 1. The summed E-state index contributed by atoms with van der Waals surface area (Å²) in [4.78, 5) is 16.7. The Morgan fingerprint density at radius 1 is 0.675 bits per heavy atom. The molecule has 0 spiro atoms. The molecule has 0 rings (SSSR count). The van der Waals surface area contributed by atoms with Gasteiger partial charge < -0.3 is 15.9 Å². The van der Waals surface area contributed by atoms with Gasteiger partial charge in [0.1, 0.15) is 0 Å². The van der Waals surface area contributed by atoms with Gasteiger partial charge in [0, 0.05) is 6.42 Å². The number of aliphatic hydroxyl groups excluding tert-OH is 1. The van der Waals surface area contributed by atoms with Gasteiger partial charge in [-0.1, -0.05) is 167 Å². The van der Waals surface area contributed by atoms with Crippen molar-refractivity contribution in [1.29, 1.82) is 0 Å². The van der Waals surface area contributed by atoms with Crippen LogP contribution in [0, 0.1) is 0 Å². The first-order chi connectivity index (χ1) is 19.4. The summed E-state index contributed by atoms with van der Waals surface area (Å²) < 4.78 is 0. The van der Waals surface area contributed by atoms with Crippen LogP contribution >= 0.6 is 0 Å². The number of aliphatic hydroxyl groups is 2. The number of carbonyl (C=O) groups is 1. The third-order valence-corrected chi connectivity index (χ3v) is 8.17. The van der Waals surface area contributed by atoms with E-state index < -0.39 is 23.7 Å². The summed E-state index contributed by atoms with van der Waals surface area (Å²) in [7, 11) is 0. The third-order valence-electron chi connectivity index (χ3n) is 8.17. The summed E-state index contributed by atoms with van der Waals surface area (Å²) in [5.41, 5.74) is 5.94. The first-order valence-electron chi connectivity index (χ1n) is 17.1. The van der Waals surface area contributed by atoms with Gasteiger partial charge in [0.05, 0.1) is 12.1 Å². The van der Waals surface area contributed by atoms with Crippen molar-refractivity contribution < 1.29 is 25.2 Å². The number of Topliss-reactive ketones (excluding diaryl/α,β-unsaturated/α-hetero) is 1. The smallest absolute Gasteiger partial charge is 0.276 e. The minimum Gasteiger partial charge on any atom is -0.387 e. The van der Waals surface area contributed by atoms with Gasteiger partial charge in [-0.25, -0.2) is 5.26 Å². The molecule has 0 aliphatic carbocycles. The molecule has 5 N–H and O–H groups in total. The van der Waals surface area contributed by atoms with Crippen molar-refractivity contribution >= 4 is 5.78 Å². The lowest BCUT2D eigenvalue weighted by Crippen LogP contribution is -2.60. The van der Waals surface area contributed by atoms with Gasteiger partial charge in [-0.3, -0.25) is 4.79 Å². The van der Waals surface area contributed by atoms with E-state index in [0.717, 1.165) is 38.5 Å². The third kappa shape index (κ3) is 21.0. The van der Waals surface area contributed by atoms with Crippen LogP contribution < -0.4 is 5.73 Å². The van der Waals surface area contributed by atoms with Crippen LogP contribution in [-0.2, 0) is 9.68 Å². The monoisotopic (exact) mass is 570 g/mol. The second-order valence-corrected chi connectivity index (χ2v) is 12.0. The van der Waals surface area contributed by atoms with Gasteiger partial charge in [-0.05, 0) is 19.3 Å². The SMILES string of the molecule is CCCCCCCCCCCCCC=CC(O)C(N)C(O)(OO)C(=O)CCCCCCCCCCCCCCC. The van der Waals surface area contributed by atoms with E-state index in [9.17, 15) is 20.3 Å². The Morgan fingerprint density at radius 3 is 1.40 bits per heavy atom. The molecule has 3 atom stereocenters. The van der Waals surface area contributed by atoms with Crippen LogP contribution in [0.3, 0.4) is 0 Å². The maximum absolute atomic E-state index is 12.6. The van der Waals surface area contributed by atoms with E-state index >= 15 is 0 Å². The fourth-order valence-electron chi connectivity index (χ4n) is 5.29. The van der Waals surface area contributed by atoms with Gasteiger partial charge >= 0.3 is 0 Å². The number of rotatable bonds is 31. The van der Waals surface area contributed by atoms with E-state index in [0.29, 0.717) is 6.42 Å². The maximum Gasteiger partial charge on any atom is 0.276 e. The molecule has 0 aromatic carbocycles. The Morgan fingerprint density at radius 2 is 1.02 bits per heavy atom. The van der Waals surface area contributed by atoms with Gasteiger partial charge in [0.15, 0.2) is 5.78 Å². The predicted molar refractivity (Wildman–Crippen MR) is 168 cm³/mol. The first-order valence-corrected chi connectivity index (χ1v) is 17.1. The van der Waals surface area contributed by atoms with Gasteiger partial charge in [-0.15, -0.1) is 0 Å². The zero-order valence-electron chi connectivity index (χ0n) is 26.4. The predicted octanol–water partition coefficient (Wildman–Crippen LogP) is 9.16. The number of hydrogen-bond acceptors (Lipinski definition) is 6. The zero-order chi connectivity index (χ0) is 29.7. The molecular formula is C34H67NO5. The molecule has 0 fully saturated rings. The average molecular weight is 570 g/mol. The zero-order valence-corrected chi connectivity index (χ0v) is 26.4. The lowest BCUT2D eigenvalue weighted by atomic mass is 9.94. The van der Waals surface area contributed by atoms with Crippen LogP contribution in [0.2, 0.25) is 0 Å². The molecule has 40 heavy (non-hydrogen) atoms. The normalized spacial score (nSPS) is 14.9. The van der Waals surface area contributed by atoms with Crippen molar-refractivity contribution in [3.05, 3.63) is 12.2 Å². The molecule has 0 aromatic heterocycles. The Bertz CT molecular complexity index is 585. The molecule has 0 amide bonds. The minimum absolute atomic E-state index is 0.0533. The van der Waals surface area contributed by atoms with E-state index in [1.165, 1.54) is 122 Å². The summed E-state index contributed by atoms with van der Waals surface area (Å²) in [6, 6.07) is -1.46. The second-order valence-electron chi connectivity index (χ2n) is 12.0. The Hall–Kier alpha value is -0.790. The lowest BCUT2D eigenvalue weighted by molar-refractivity contribution is -0.382. The summed E-state index contributed by atoms with van der Waals surface area (Å²) >= 11 is 0. The largest absolute Gasteiger partial charge is 0.387 e. The summed E-state index contributed by atoms with van der Waals surface area (Å²) in [6.07, 6.45) is 32.4. The molecule has 0 aliphatic heterocycles. The molecule has 6 nitrogen and oxygen atoms in total. The Balaban J connectivity index is 3.95. The number of allylic oxidation sites excluding steroid dienone is 1. The second kappa shape index (κ2) is 28.3. The standard InChI is InChI=1S/C34H67NO5/c1-3-5-7-9-11-13-15-17-19-21-23-25-27-29-31(36)33(35)34(38,40-39)32(37)30-28-26-24-22-20-18-16-14-12-10-8-6-4-2/h27,29,31,33,36,38-39H,3-26,28,30,35H2,1-2H3. The molecule has 0 saturated carbocycles. The number of ketones is 1. The number of hydrogen-bond donors (Lipinski definition) is 4. The van der Waals surface area contributed by atoms with Crippen molar-refractivity contribution in [1.82, 2.24) is 0 Å². The van der Waals surface area contributed by atoms with Gasteiger partial charge in [0.2, 0.25) is 0 Å². The molecule has 0 saturated heterocycles. The van der Waals surface area contributed by atoms with Crippen molar-refractivity contribution in [3.8, 4) is 0 Å². The van der Waals surface area contributed by atoms with E-state index in [2.05, 4.69) is 18.7 Å². The number of unbranched alkanes of at least 4 members (excludes halogenated alkanes) is 23. The molecule has 0 bridgehead atoms. The van der Waals surface area contributed by atoms with Crippen molar-refractivity contribution in [2.45, 2.75) is 199 Å². The maximum atomic E-state index is 12.6. The molecule has 3 unspecified atom stereocenters. The fourth-order valence-corrected chi connectivity index (χ4v) is 5.29. The Labute approximate surface area is 247 Å². The van der Waals surface area contributed by atoms with Crippen molar-refractivity contribution in [2.75, 3.05) is 0 Å². The van der Waals surface area contributed by atoms with Crippen molar-refractivity contribution in [3.63, 3.8) is 0 Å². The van der Waals surface area contributed by atoms with E-state index in [1.54, 1.807) is 0 Å². The van der Waals surface area contributed by atoms with Crippen LogP contribution in [0.1, 0.15) is 181 Å². The minimum atomic E-state index is -2.60. The van der Waals surface area contributed by atoms with Gasteiger partial charge in [0.25, 0.3) is 5.79 Å². The van der Waals surface area contributed by atoms with Crippen molar-refractivity contribution in [2.24, 2.45) is 5.73 Å². The highest BCUT2D eigenvalue weighted by atomic mass is 17.1. The van der Waals surface area contributed by atoms with Crippen LogP contribution in [-0.4, -0.2) is 39.2 Å². The lowest BCUT2D eigenvalue weighted by Gasteiger charge is -2.30.